The molecule has 0 amide bonds. The first-order chi connectivity index (χ1) is 9.28. The van der Waals surface area contributed by atoms with Gasteiger partial charge in [0.1, 0.15) is 11.7 Å². The molecule has 5 atom stereocenters. The van der Waals surface area contributed by atoms with Crippen molar-refractivity contribution in [1.29, 1.82) is 0 Å². The number of hydrogen-bond acceptors (Lipinski definition) is 5. The van der Waals surface area contributed by atoms with Gasteiger partial charge in [-0.05, 0) is 32.3 Å². The zero-order valence-corrected chi connectivity index (χ0v) is 11.8. The van der Waals surface area contributed by atoms with Crippen LogP contribution in [0.4, 0.5) is 0 Å². The van der Waals surface area contributed by atoms with Gasteiger partial charge in [0.15, 0.2) is 0 Å². The zero-order chi connectivity index (χ0) is 14.7. The molecule has 3 aliphatic rings. The Morgan fingerprint density at radius 3 is 2.85 bits per heavy atom. The van der Waals surface area contributed by atoms with Gasteiger partial charge >= 0.3 is 5.97 Å². The summed E-state index contributed by atoms with van der Waals surface area (Å²) in [4.78, 5) is 16.4. The molecule has 5 heteroatoms. The molecule has 0 aromatic rings. The molecular weight excluding hydrogens is 260 g/mol. The Kier molecular flexibility index (Phi) is 2.87. The van der Waals surface area contributed by atoms with Gasteiger partial charge in [-0.1, -0.05) is 12.7 Å². The smallest absolute Gasteiger partial charge is 0.334 e. The predicted molar refractivity (Wildman–Crippen MR) is 70.7 cm³/mol. The second-order valence-corrected chi connectivity index (χ2v) is 6.61. The predicted octanol–water partition coefficient (Wildman–Crippen LogP) is 1.82. The Labute approximate surface area is 117 Å². The average molecular weight is 280 g/mol. The summed E-state index contributed by atoms with van der Waals surface area (Å²) in [6.07, 6.45) is 3.07. The molecule has 2 aliphatic carbocycles. The van der Waals surface area contributed by atoms with Crippen LogP contribution in [0, 0.1) is 11.8 Å². The topological polar surface area (TPSA) is 76.0 Å². The van der Waals surface area contributed by atoms with Crippen LogP contribution in [0.5, 0.6) is 0 Å². The molecule has 1 saturated heterocycles. The number of fused-ring (bicyclic) bond motifs is 2. The molecule has 1 saturated carbocycles. The number of ether oxygens (including phenoxy) is 1. The van der Waals surface area contributed by atoms with Crippen LogP contribution in [0.25, 0.3) is 0 Å². The first-order valence-electron chi connectivity index (χ1n) is 6.94. The van der Waals surface area contributed by atoms with E-state index >= 15 is 0 Å². The fourth-order valence-corrected chi connectivity index (χ4v) is 3.90. The van der Waals surface area contributed by atoms with Gasteiger partial charge in [0.25, 0.3) is 0 Å². The van der Waals surface area contributed by atoms with Crippen LogP contribution in [0.1, 0.15) is 33.1 Å². The minimum absolute atomic E-state index is 0.127. The molecule has 0 bridgehead atoms. The largest absolute Gasteiger partial charge is 0.458 e. The molecule has 0 aromatic heterocycles. The molecule has 1 heterocycles. The molecule has 1 aliphatic heterocycles. The van der Waals surface area contributed by atoms with Gasteiger partial charge < -0.3 is 9.84 Å². The van der Waals surface area contributed by atoms with Crippen LogP contribution in [-0.2, 0) is 14.4 Å². The van der Waals surface area contributed by atoms with Crippen LogP contribution in [-0.4, -0.2) is 33.6 Å². The first kappa shape index (κ1) is 13.8. The van der Waals surface area contributed by atoms with E-state index in [2.05, 4.69) is 6.58 Å². The summed E-state index contributed by atoms with van der Waals surface area (Å²) >= 11 is 0. The normalized spacial score (nSPS) is 47.4. The van der Waals surface area contributed by atoms with E-state index in [4.69, 9.17) is 9.62 Å². The second-order valence-electron chi connectivity index (χ2n) is 6.61. The quantitative estimate of drug-likeness (QED) is 0.252. The molecule has 0 aromatic carbocycles. The molecular formula is C15H20O5. The maximum Gasteiger partial charge on any atom is 0.334 e. The van der Waals surface area contributed by atoms with Crippen molar-refractivity contribution in [3.8, 4) is 0 Å². The van der Waals surface area contributed by atoms with Gasteiger partial charge in [0.05, 0.1) is 5.60 Å². The Bertz CT molecular complexity index is 506. The van der Waals surface area contributed by atoms with E-state index < -0.39 is 11.2 Å². The van der Waals surface area contributed by atoms with Crippen LogP contribution in [0.15, 0.2) is 23.8 Å². The highest BCUT2D eigenvalue weighted by Crippen LogP contribution is 2.52. The summed E-state index contributed by atoms with van der Waals surface area (Å²) in [5.41, 5.74) is -0.478. The monoisotopic (exact) mass is 280 g/mol. The summed E-state index contributed by atoms with van der Waals surface area (Å²) in [6.45, 7) is 7.36. The lowest BCUT2D eigenvalue weighted by Gasteiger charge is -2.34. The lowest BCUT2D eigenvalue weighted by atomic mass is 9.78. The van der Waals surface area contributed by atoms with Crippen LogP contribution < -0.4 is 0 Å². The summed E-state index contributed by atoms with van der Waals surface area (Å²) in [7, 11) is 0. The third kappa shape index (κ3) is 1.77. The highest BCUT2D eigenvalue weighted by atomic mass is 17.1. The second kappa shape index (κ2) is 4.16. The molecule has 2 N–H and O–H groups in total. The molecule has 0 spiro atoms. The van der Waals surface area contributed by atoms with Gasteiger partial charge in [-0.2, -0.15) is 0 Å². The fraction of sp³-hybridized carbons (Fsp3) is 0.667. The summed E-state index contributed by atoms with van der Waals surface area (Å²) in [5.74, 6) is -0.677. The summed E-state index contributed by atoms with van der Waals surface area (Å²) < 4.78 is 5.35. The highest BCUT2D eigenvalue weighted by molar-refractivity contribution is 5.90. The summed E-state index contributed by atoms with van der Waals surface area (Å²) in [5, 5.41) is 19.9. The van der Waals surface area contributed by atoms with Crippen LogP contribution in [0.3, 0.4) is 0 Å². The molecule has 3 rings (SSSR count). The van der Waals surface area contributed by atoms with E-state index in [9.17, 15) is 15.2 Å². The Morgan fingerprint density at radius 1 is 1.50 bits per heavy atom. The van der Waals surface area contributed by atoms with E-state index in [1.54, 1.807) is 13.8 Å². The average Bonchev–Trinajstić information content (AvgIpc) is 2.76. The van der Waals surface area contributed by atoms with Crippen molar-refractivity contribution < 1.29 is 24.8 Å². The van der Waals surface area contributed by atoms with Crippen molar-refractivity contribution in [3.63, 3.8) is 0 Å². The van der Waals surface area contributed by atoms with Gasteiger partial charge in [-0.3, -0.25) is 5.26 Å². The SMILES string of the molecule is C=C1C(=O)O[C@H]2C[C@@](C)(OO)C3=CC[C@@](C)(O)[C@@H]3C[C@H]12. The van der Waals surface area contributed by atoms with E-state index in [-0.39, 0.29) is 23.9 Å². The van der Waals surface area contributed by atoms with Crippen LogP contribution in [0.2, 0.25) is 0 Å². The lowest BCUT2D eigenvalue weighted by molar-refractivity contribution is -0.312. The molecule has 110 valence electrons. The van der Waals surface area contributed by atoms with Gasteiger partial charge in [0, 0.05) is 23.8 Å². The number of aliphatic hydroxyl groups is 1. The first-order valence-corrected chi connectivity index (χ1v) is 6.94. The minimum atomic E-state index is -0.935. The Hall–Kier alpha value is -1.17. The molecule has 0 radical (unpaired) electrons. The maximum absolute atomic E-state index is 11.7. The van der Waals surface area contributed by atoms with E-state index in [0.29, 0.717) is 24.8 Å². The minimum Gasteiger partial charge on any atom is -0.458 e. The number of carbonyl (C=O) groups excluding carboxylic acids is 1. The van der Waals surface area contributed by atoms with Crippen molar-refractivity contribution in [2.75, 3.05) is 0 Å². The van der Waals surface area contributed by atoms with Crippen LogP contribution >= 0.6 is 0 Å². The zero-order valence-electron chi connectivity index (χ0n) is 11.8. The highest BCUT2D eigenvalue weighted by Gasteiger charge is 2.55. The van der Waals surface area contributed by atoms with Gasteiger partial charge in [0.2, 0.25) is 0 Å². The van der Waals surface area contributed by atoms with E-state index in [1.807, 2.05) is 6.08 Å². The third-order valence-electron chi connectivity index (χ3n) is 5.17. The van der Waals surface area contributed by atoms with Crippen molar-refractivity contribution in [1.82, 2.24) is 0 Å². The maximum atomic E-state index is 11.7. The van der Waals surface area contributed by atoms with Gasteiger partial charge in [-0.15, -0.1) is 0 Å². The molecule has 2 fully saturated rings. The fourth-order valence-electron chi connectivity index (χ4n) is 3.90. The summed E-state index contributed by atoms with van der Waals surface area (Å²) in [6, 6.07) is 0. The Balaban J connectivity index is 2.03. The van der Waals surface area contributed by atoms with E-state index in [1.165, 1.54) is 0 Å². The van der Waals surface area contributed by atoms with Crippen molar-refractivity contribution in [2.24, 2.45) is 11.8 Å². The standard InChI is InChI=1S/C15H20O5/c1-8-9-6-11-10(4-5-14(11,2)17)15(3,20-18)7-12(9)19-13(8)16/h4,9,11-12,17-18H,1,5-7H2,2-3H3/t9-,11-,12+,14-,15-/m1/s1. The number of carbonyl (C=O) groups is 1. The lowest BCUT2D eigenvalue weighted by Crippen LogP contribution is -2.39. The molecule has 5 nitrogen and oxygen atoms in total. The Morgan fingerprint density at radius 2 is 2.20 bits per heavy atom. The molecule has 0 unspecified atom stereocenters. The van der Waals surface area contributed by atoms with Gasteiger partial charge in [-0.25, -0.2) is 9.68 Å². The van der Waals surface area contributed by atoms with Crippen molar-refractivity contribution >= 4 is 5.97 Å². The number of hydrogen-bond donors (Lipinski definition) is 2. The van der Waals surface area contributed by atoms with Crippen molar-refractivity contribution in [2.45, 2.75) is 50.4 Å². The van der Waals surface area contributed by atoms with E-state index in [0.717, 1.165) is 5.57 Å². The molecule has 20 heavy (non-hydrogen) atoms. The number of rotatable bonds is 1. The van der Waals surface area contributed by atoms with Crippen molar-refractivity contribution in [3.05, 3.63) is 23.8 Å². The third-order valence-corrected chi connectivity index (χ3v) is 5.17. The number of esters is 1.